The first-order valence-corrected chi connectivity index (χ1v) is 10.8. The van der Waals surface area contributed by atoms with E-state index in [1.807, 2.05) is 49.4 Å². The maximum atomic E-state index is 10.3. The lowest BCUT2D eigenvalue weighted by molar-refractivity contribution is -0.750. The molecule has 8 nitrogen and oxygen atoms in total. The number of hydrogen-bond acceptors (Lipinski definition) is 7. The number of aliphatic hydroxyl groups is 1. The fourth-order valence-corrected chi connectivity index (χ4v) is 4.62. The number of ether oxygens (including phenoxy) is 3. The van der Waals surface area contributed by atoms with Crippen molar-refractivity contribution in [1.82, 2.24) is 0 Å². The smallest absolute Gasteiger partial charge is 0.265 e. The highest BCUT2D eigenvalue weighted by molar-refractivity contribution is 6.01. The quantitative estimate of drug-likeness (QED) is 0.517. The Morgan fingerprint density at radius 1 is 1.09 bits per heavy atom. The van der Waals surface area contributed by atoms with Crippen LogP contribution in [0.5, 0.6) is 23.0 Å². The summed E-state index contributed by atoms with van der Waals surface area (Å²) in [5.74, 6) is 9.73. The van der Waals surface area contributed by atoms with Gasteiger partial charge in [0.05, 0.1) is 37.8 Å². The van der Waals surface area contributed by atoms with E-state index in [0.29, 0.717) is 41.7 Å². The van der Waals surface area contributed by atoms with Crippen LogP contribution < -0.4 is 20.1 Å². The lowest BCUT2D eigenvalue weighted by Crippen LogP contribution is -2.53. The predicted octanol–water partition coefficient (Wildman–Crippen LogP) is 3.88. The highest BCUT2D eigenvalue weighted by Gasteiger charge is 2.50. The van der Waals surface area contributed by atoms with Crippen LogP contribution in [0.4, 0.5) is 0 Å². The first-order valence-electron chi connectivity index (χ1n) is 10.8. The molecule has 2 aromatic carbocycles. The van der Waals surface area contributed by atoms with Gasteiger partial charge in [-0.3, -0.25) is 4.99 Å². The first-order chi connectivity index (χ1) is 15.8. The van der Waals surface area contributed by atoms with Crippen LogP contribution in [-0.2, 0) is 0 Å². The van der Waals surface area contributed by atoms with E-state index in [2.05, 4.69) is 4.99 Å². The van der Waals surface area contributed by atoms with Gasteiger partial charge >= 0.3 is 0 Å². The largest absolute Gasteiger partial charge is 0.493 e. The number of nitrogens with zero attached hydrogens (tertiary/aromatic N) is 3. The molecule has 5 rings (SSSR count). The zero-order valence-corrected chi connectivity index (χ0v) is 18.9. The van der Waals surface area contributed by atoms with Gasteiger partial charge in [0.1, 0.15) is 17.6 Å². The van der Waals surface area contributed by atoms with Gasteiger partial charge in [0.25, 0.3) is 5.84 Å². The van der Waals surface area contributed by atoms with Crippen molar-refractivity contribution in [2.75, 3.05) is 14.2 Å². The van der Waals surface area contributed by atoms with Gasteiger partial charge in [0.2, 0.25) is 11.4 Å². The van der Waals surface area contributed by atoms with E-state index in [0.717, 1.165) is 17.0 Å². The maximum absolute atomic E-state index is 10.3. The second kappa shape index (κ2) is 7.84. The van der Waals surface area contributed by atoms with Crippen LogP contribution in [0.1, 0.15) is 25.3 Å². The summed E-state index contributed by atoms with van der Waals surface area (Å²) in [6.45, 7) is 1.84. The van der Waals surface area contributed by atoms with Crippen molar-refractivity contribution >= 4 is 12.1 Å². The molecule has 33 heavy (non-hydrogen) atoms. The van der Waals surface area contributed by atoms with E-state index in [-0.39, 0.29) is 10.5 Å². The van der Waals surface area contributed by atoms with Gasteiger partial charge in [-0.25, -0.2) is 0 Å². The summed E-state index contributed by atoms with van der Waals surface area (Å²) in [5, 5.41) is 10.3. The van der Waals surface area contributed by atoms with Gasteiger partial charge in [0, 0.05) is 5.92 Å². The van der Waals surface area contributed by atoms with Crippen molar-refractivity contribution in [3.05, 3.63) is 71.8 Å². The predicted molar refractivity (Wildman–Crippen MR) is 125 cm³/mol. The minimum atomic E-state index is -0.675. The van der Waals surface area contributed by atoms with Gasteiger partial charge < -0.3 is 19.3 Å². The second-order valence-electron chi connectivity index (χ2n) is 8.79. The summed E-state index contributed by atoms with van der Waals surface area (Å²) in [7, 11) is 3.16. The molecule has 2 aliphatic heterocycles. The Morgan fingerprint density at radius 3 is 2.36 bits per heavy atom. The molecule has 2 aromatic rings. The van der Waals surface area contributed by atoms with Crippen LogP contribution in [0.15, 0.2) is 76.2 Å². The summed E-state index contributed by atoms with van der Waals surface area (Å²) < 4.78 is 17.3. The van der Waals surface area contributed by atoms with Crippen molar-refractivity contribution in [2.45, 2.75) is 25.4 Å². The van der Waals surface area contributed by atoms with Crippen LogP contribution in [0, 0.1) is 5.92 Å². The van der Waals surface area contributed by atoms with Gasteiger partial charge in [-0.05, 0) is 44.0 Å². The number of quaternary nitrogens is 1. The van der Waals surface area contributed by atoms with E-state index in [1.54, 1.807) is 32.8 Å². The molecule has 0 spiro atoms. The number of aliphatic imine (C=N–C) groups is 2. The van der Waals surface area contributed by atoms with Crippen molar-refractivity contribution in [3.8, 4) is 23.0 Å². The minimum absolute atomic E-state index is 0.108. The molecule has 1 atom stereocenters. The number of hydrogen-bond donors (Lipinski definition) is 2. The Balaban J connectivity index is 1.57. The Hall–Kier alpha value is -3.46. The van der Waals surface area contributed by atoms with E-state index in [1.165, 1.54) is 0 Å². The molecule has 2 heterocycles. The molecule has 170 valence electrons. The second-order valence-corrected chi connectivity index (χ2v) is 8.79. The lowest BCUT2D eigenvalue weighted by Gasteiger charge is -2.40. The van der Waals surface area contributed by atoms with Crippen LogP contribution in [0.2, 0.25) is 0 Å². The van der Waals surface area contributed by atoms with Gasteiger partial charge in [-0.2, -0.15) is 10.8 Å². The lowest BCUT2D eigenvalue weighted by atomic mass is 9.70. The van der Waals surface area contributed by atoms with Crippen molar-refractivity contribution in [2.24, 2.45) is 21.7 Å². The first kappa shape index (κ1) is 21.4. The molecule has 0 radical (unpaired) electrons. The summed E-state index contributed by atoms with van der Waals surface area (Å²) >= 11 is 0. The molecule has 8 heteroatoms. The van der Waals surface area contributed by atoms with Crippen LogP contribution in [0.25, 0.3) is 0 Å². The minimum Gasteiger partial charge on any atom is -0.493 e. The molecule has 1 aliphatic carbocycles. The van der Waals surface area contributed by atoms with Crippen molar-refractivity contribution in [3.63, 3.8) is 0 Å². The Morgan fingerprint density at radius 2 is 1.76 bits per heavy atom. The van der Waals surface area contributed by atoms with E-state index < -0.39 is 5.60 Å². The average Bonchev–Trinajstić information content (AvgIpc) is 3.11. The normalized spacial score (nSPS) is 27.7. The third-order valence-electron chi connectivity index (χ3n) is 6.26. The van der Waals surface area contributed by atoms with E-state index >= 15 is 0 Å². The Labute approximate surface area is 192 Å². The summed E-state index contributed by atoms with van der Waals surface area (Å²) in [5.41, 5.74) is 1.72. The maximum Gasteiger partial charge on any atom is 0.265 e. The summed E-state index contributed by atoms with van der Waals surface area (Å²) in [6.07, 6.45) is 6.49. The number of nitrogens with two attached hydrogens (primary N) is 1. The number of allylic oxidation sites excluding steroid dienone is 2. The number of amidine groups is 1. The fraction of sp³-hybridized carbons (Fsp3) is 0.280. The van der Waals surface area contributed by atoms with Crippen LogP contribution in [-0.4, -0.2) is 41.6 Å². The number of methoxy groups -OCH3 is 2. The van der Waals surface area contributed by atoms with Gasteiger partial charge in [-0.1, -0.05) is 18.2 Å². The Bertz CT molecular complexity index is 1180. The number of rotatable bonds is 6. The average molecular weight is 448 g/mol. The summed E-state index contributed by atoms with van der Waals surface area (Å²) in [4.78, 5) is 9.25. The standard InChI is InChI=1S/C25H27N4O4/c1-25(30)13-17(14-25)22-19-15-27-9-10-29(19,26)24(28-22)16-11-20(31-2)23(21(12-16)32-3)33-18-7-5-4-6-8-18/h4-12,15,17,30H,13-14,26H2,1-3H3/q+1. The molecule has 3 N–H and O–H groups in total. The zero-order chi connectivity index (χ0) is 23.2. The monoisotopic (exact) mass is 447 g/mol. The number of para-hydroxylation sites is 1. The molecule has 1 unspecified atom stereocenters. The molecule has 0 bridgehead atoms. The van der Waals surface area contributed by atoms with Crippen molar-refractivity contribution in [1.29, 1.82) is 0 Å². The molecule has 0 saturated heterocycles. The number of fused-ring (bicyclic) bond motifs is 1. The molecular formula is C25H27N4O4+. The molecule has 0 amide bonds. The molecule has 1 fully saturated rings. The molecule has 3 aliphatic rings. The fourth-order valence-electron chi connectivity index (χ4n) is 4.62. The highest BCUT2D eigenvalue weighted by Crippen LogP contribution is 2.48. The zero-order valence-electron chi connectivity index (χ0n) is 18.9. The molecular weight excluding hydrogens is 420 g/mol. The molecule has 0 aromatic heterocycles. The molecule has 1 saturated carbocycles. The van der Waals surface area contributed by atoms with Gasteiger partial charge in [-0.15, -0.1) is 4.59 Å². The van der Waals surface area contributed by atoms with Crippen LogP contribution in [0.3, 0.4) is 0 Å². The third-order valence-corrected chi connectivity index (χ3v) is 6.26. The van der Waals surface area contributed by atoms with Crippen molar-refractivity contribution < 1.29 is 23.9 Å². The number of benzene rings is 2. The SMILES string of the molecule is COc1cc(C2=NC(C3CC(C)(O)C3)=C3C=NC=C[N+]23N)cc(OC)c1Oc1ccccc1. The Kier molecular flexibility index (Phi) is 5.08. The highest BCUT2D eigenvalue weighted by atomic mass is 16.5. The third kappa shape index (κ3) is 3.62. The van der Waals surface area contributed by atoms with Gasteiger partial charge in [0.15, 0.2) is 11.5 Å². The summed E-state index contributed by atoms with van der Waals surface area (Å²) in [6, 6.07) is 13.1. The topological polar surface area (TPSA) is 98.7 Å². The van der Waals surface area contributed by atoms with E-state index in [9.17, 15) is 5.11 Å². The van der Waals surface area contributed by atoms with Crippen LogP contribution >= 0.6 is 0 Å². The van der Waals surface area contributed by atoms with E-state index in [4.69, 9.17) is 25.0 Å².